The zero-order valence-corrected chi connectivity index (χ0v) is 17.5. The van der Waals surface area contributed by atoms with Crippen LogP contribution in [-0.2, 0) is 20.0 Å². The molecule has 11 nitrogen and oxygen atoms in total. The minimum atomic E-state index is -4.26. The number of H-pyrrole nitrogens is 1. The molecule has 0 radical (unpaired) electrons. The van der Waals surface area contributed by atoms with Gasteiger partial charge in [0.05, 0.1) is 19.5 Å². The van der Waals surface area contributed by atoms with Crippen molar-refractivity contribution >= 4 is 24.9 Å². The average Bonchev–Trinajstić information content (AvgIpc) is 3.12. The second kappa shape index (κ2) is 8.89. The molecular formula is C19H24N5O6P. The zero-order chi connectivity index (χ0) is 22.0. The number of aromatic amines is 1. The number of aliphatic hydroxyl groups is 1. The standard InChI is InChI=1S/C19H24N5O6P/c20-19-22-17-16(18(26)23-19)21-11-24(17)15-8-13(9-25)14(15)10-30-31(27,28)29-7-6-12-4-2-1-3-5-12/h1-5,11,13-15,25H,6-10H2,(H,27,28)(H3,20,22,23,26)/t13-,14+,15-/m1/s1. The van der Waals surface area contributed by atoms with Crippen molar-refractivity contribution in [2.45, 2.75) is 18.9 Å². The Labute approximate surface area is 177 Å². The van der Waals surface area contributed by atoms with Crippen molar-refractivity contribution in [3.63, 3.8) is 0 Å². The number of hydrogen-bond donors (Lipinski definition) is 4. The lowest BCUT2D eigenvalue weighted by Crippen LogP contribution is -2.43. The molecule has 31 heavy (non-hydrogen) atoms. The van der Waals surface area contributed by atoms with E-state index >= 15 is 0 Å². The van der Waals surface area contributed by atoms with Crippen LogP contribution in [0.1, 0.15) is 18.0 Å². The molecule has 1 aliphatic carbocycles. The fraction of sp³-hybridized carbons (Fsp3) is 0.421. The second-order valence-electron chi connectivity index (χ2n) is 7.52. The van der Waals surface area contributed by atoms with Gasteiger partial charge in [0.2, 0.25) is 5.95 Å². The minimum Gasteiger partial charge on any atom is -0.396 e. The Bertz CT molecular complexity index is 1150. The van der Waals surface area contributed by atoms with E-state index in [1.807, 2.05) is 30.3 Å². The molecule has 3 aromatic rings. The number of phosphoric ester groups is 1. The summed E-state index contributed by atoms with van der Waals surface area (Å²) in [7, 11) is -4.26. The van der Waals surface area contributed by atoms with E-state index < -0.39 is 13.4 Å². The molecule has 0 saturated heterocycles. The maximum absolute atomic E-state index is 12.3. The van der Waals surface area contributed by atoms with Gasteiger partial charge in [0.15, 0.2) is 11.2 Å². The second-order valence-corrected chi connectivity index (χ2v) is 8.97. The quantitative estimate of drug-likeness (QED) is 0.352. The zero-order valence-electron chi connectivity index (χ0n) is 16.6. The summed E-state index contributed by atoms with van der Waals surface area (Å²) in [6, 6.07) is 9.23. The van der Waals surface area contributed by atoms with Gasteiger partial charge >= 0.3 is 7.82 Å². The number of anilines is 1. The molecule has 0 aliphatic heterocycles. The van der Waals surface area contributed by atoms with Gasteiger partial charge in [-0.1, -0.05) is 30.3 Å². The van der Waals surface area contributed by atoms with Gasteiger partial charge in [-0.25, -0.2) is 9.55 Å². The number of nitrogen functional groups attached to an aromatic ring is 1. The van der Waals surface area contributed by atoms with Crippen molar-refractivity contribution < 1.29 is 23.6 Å². The predicted octanol–water partition coefficient (Wildman–Crippen LogP) is 1.25. The summed E-state index contributed by atoms with van der Waals surface area (Å²) in [6.45, 7) is -0.168. The van der Waals surface area contributed by atoms with Gasteiger partial charge in [-0.15, -0.1) is 0 Å². The number of hydrogen-bond acceptors (Lipinski definition) is 8. The number of rotatable bonds is 9. The molecule has 166 valence electrons. The Morgan fingerprint density at radius 2 is 2.06 bits per heavy atom. The van der Waals surface area contributed by atoms with Crippen LogP contribution >= 0.6 is 7.82 Å². The largest absolute Gasteiger partial charge is 0.472 e. The normalized spacial score (nSPS) is 22.8. The van der Waals surface area contributed by atoms with Gasteiger partial charge in [-0.05, 0) is 24.3 Å². The Hall–Kier alpha value is -2.56. The Morgan fingerprint density at radius 1 is 1.29 bits per heavy atom. The molecule has 4 rings (SSSR count). The highest BCUT2D eigenvalue weighted by Crippen LogP contribution is 2.49. The lowest BCUT2D eigenvalue weighted by molar-refractivity contribution is -0.00809. The van der Waals surface area contributed by atoms with Crippen LogP contribution in [-0.4, -0.2) is 49.3 Å². The topological polar surface area (TPSA) is 166 Å². The van der Waals surface area contributed by atoms with Crippen LogP contribution in [0.2, 0.25) is 0 Å². The SMILES string of the molecule is Nc1nc2c(ncn2[C@@H]2C[C@H](CO)[C@@H]2COP(=O)(O)OCCc2ccccc2)c(=O)[nH]1. The first kappa shape index (κ1) is 21.7. The summed E-state index contributed by atoms with van der Waals surface area (Å²) in [5, 5.41) is 9.64. The van der Waals surface area contributed by atoms with Crippen molar-refractivity contribution in [2.24, 2.45) is 11.8 Å². The third kappa shape index (κ3) is 4.70. The number of aromatic nitrogens is 4. The third-order valence-corrected chi connectivity index (χ3v) is 6.59. The maximum Gasteiger partial charge on any atom is 0.472 e. The Kier molecular flexibility index (Phi) is 6.22. The highest BCUT2D eigenvalue weighted by atomic mass is 31.2. The van der Waals surface area contributed by atoms with Crippen molar-refractivity contribution in [1.82, 2.24) is 19.5 Å². The molecule has 5 N–H and O–H groups in total. The summed E-state index contributed by atoms with van der Waals surface area (Å²) < 4.78 is 24.3. The van der Waals surface area contributed by atoms with Crippen LogP contribution in [0, 0.1) is 11.8 Å². The predicted molar refractivity (Wildman–Crippen MR) is 112 cm³/mol. The van der Waals surface area contributed by atoms with E-state index in [1.165, 1.54) is 6.33 Å². The molecule has 1 unspecified atom stereocenters. The summed E-state index contributed by atoms with van der Waals surface area (Å²) in [5.74, 6) is -0.453. The van der Waals surface area contributed by atoms with Crippen molar-refractivity contribution in [1.29, 1.82) is 0 Å². The van der Waals surface area contributed by atoms with Crippen LogP contribution in [0.25, 0.3) is 11.2 Å². The number of nitrogens with two attached hydrogens (primary N) is 1. The first-order chi connectivity index (χ1) is 14.9. The van der Waals surface area contributed by atoms with E-state index in [4.69, 9.17) is 14.8 Å². The van der Waals surface area contributed by atoms with E-state index in [2.05, 4.69) is 15.0 Å². The van der Waals surface area contributed by atoms with Crippen molar-refractivity contribution in [2.75, 3.05) is 25.6 Å². The third-order valence-electron chi connectivity index (χ3n) is 5.60. The molecule has 4 atom stereocenters. The van der Waals surface area contributed by atoms with Gasteiger partial charge in [0.25, 0.3) is 5.56 Å². The first-order valence-corrected chi connectivity index (χ1v) is 11.4. The maximum atomic E-state index is 12.3. The van der Waals surface area contributed by atoms with Crippen LogP contribution in [0.5, 0.6) is 0 Å². The number of nitrogens with one attached hydrogen (secondary N) is 1. The highest BCUT2D eigenvalue weighted by molar-refractivity contribution is 7.47. The van der Waals surface area contributed by atoms with Crippen LogP contribution < -0.4 is 11.3 Å². The number of nitrogens with zero attached hydrogens (tertiary/aromatic N) is 3. The number of imidazole rings is 1. The minimum absolute atomic E-state index is 0.0308. The Morgan fingerprint density at radius 3 is 2.81 bits per heavy atom. The molecule has 2 aromatic heterocycles. The van der Waals surface area contributed by atoms with E-state index in [1.54, 1.807) is 4.57 Å². The van der Waals surface area contributed by atoms with Crippen molar-refractivity contribution in [3.05, 3.63) is 52.6 Å². The highest BCUT2D eigenvalue weighted by Gasteiger charge is 2.44. The summed E-state index contributed by atoms with van der Waals surface area (Å²) in [6.07, 6.45) is 2.53. The van der Waals surface area contributed by atoms with Gasteiger partial charge in [-0.3, -0.25) is 18.8 Å². The smallest absolute Gasteiger partial charge is 0.396 e. The van der Waals surface area contributed by atoms with Crippen LogP contribution in [0.4, 0.5) is 5.95 Å². The lowest BCUT2D eigenvalue weighted by atomic mass is 9.70. The average molecular weight is 449 g/mol. The molecule has 0 bridgehead atoms. The van der Waals surface area contributed by atoms with E-state index in [0.717, 1.165) is 5.56 Å². The number of fused-ring (bicyclic) bond motifs is 1. The summed E-state index contributed by atoms with van der Waals surface area (Å²) in [4.78, 5) is 32.7. The Balaban J connectivity index is 1.41. The first-order valence-electron chi connectivity index (χ1n) is 9.87. The monoisotopic (exact) mass is 449 g/mol. The van der Waals surface area contributed by atoms with Gasteiger partial charge in [0, 0.05) is 18.6 Å². The lowest BCUT2D eigenvalue weighted by Gasteiger charge is -2.44. The fourth-order valence-electron chi connectivity index (χ4n) is 3.88. The molecule has 12 heteroatoms. The molecule has 0 amide bonds. The molecular weight excluding hydrogens is 425 g/mol. The van der Waals surface area contributed by atoms with Crippen LogP contribution in [0.15, 0.2) is 41.5 Å². The van der Waals surface area contributed by atoms with Crippen LogP contribution in [0.3, 0.4) is 0 Å². The molecule has 0 spiro atoms. The molecule has 1 aromatic carbocycles. The van der Waals surface area contributed by atoms with Gasteiger partial charge < -0.3 is 20.3 Å². The van der Waals surface area contributed by atoms with E-state index in [-0.39, 0.29) is 49.2 Å². The molecule has 1 aliphatic rings. The summed E-state index contributed by atoms with van der Waals surface area (Å²) in [5.41, 5.74) is 6.65. The van der Waals surface area contributed by atoms with Crippen molar-refractivity contribution in [3.8, 4) is 0 Å². The molecule has 1 saturated carbocycles. The fourth-order valence-corrected chi connectivity index (χ4v) is 4.64. The number of aliphatic hydroxyl groups excluding tert-OH is 1. The number of phosphoric acid groups is 1. The number of benzene rings is 1. The van der Waals surface area contributed by atoms with E-state index in [0.29, 0.717) is 18.5 Å². The van der Waals surface area contributed by atoms with E-state index in [9.17, 15) is 19.4 Å². The summed E-state index contributed by atoms with van der Waals surface area (Å²) >= 11 is 0. The van der Waals surface area contributed by atoms with Gasteiger partial charge in [-0.2, -0.15) is 4.98 Å². The molecule has 1 fully saturated rings. The molecule has 2 heterocycles. The van der Waals surface area contributed by atoms with Gasteiger partial charge in [0.1, 0.15) is 0 Å².